The number of aromatic nitrogens is 3. The normalized spacial score (nSPS) is 18.8. The molecule has 0 radical (unpaired) electrons. The van der Waals surface area contributed by atoms with Crippen LogP contribution in [0.15, 0.2) is 41.7 Å². The largest absolute Gasteiger partial charge is 0.295 e. The van der Waals surface area contributed by atoms with Gasteiger partial charge in [0.15, 0.2) is 0 Å². The molecular formula is C19H15N5O3S. The first-order valence-electron chi connectivity index (χ1n) is 8.82. The maximum atomic E-state index is 13.1. The molecule has 1 aromatic carbocycles. The van der Waals surface area contributed by atoms with Crippen LogP contribution in [0.4, 0.5) is 5.69 Å². The molecule has 2 aromatic heterocycles. The number of amides is 3. The third kappa shape index (κ3) is 2.50. The van der Waals surface area contributed by atoms with E-state index >= 15 is 0 Å². The Morgan fingerprint density at radius 2 is 2.07 bits per heavy atom. The van der Waals surface area contributed by atoms with Gasteiger partial charge in [0, 0.05) is 33.8 Å². The van der Waals surface area contributed by atoms with Crippen molar-refractivity contribution in [3.05, 3.63) is 48.0 Å². The van der Waals surface area contributed by atoms with Gasteiger partial charge < -0.3 is 0 Å². The van der Waals surface area contributed by atoms with Gasteiger partial charge in [0.05, 0.1) is 30.3 Å². The van der Waals surface area contributed by atoms with Crippen molar-refractivity contribution in [3.8, 4) is 0 Å². The average Bonchev–Trinajstić information content (AvgIpc) is 3.20. The number of thiol groups is 1. The number of carbonyl (C=O) groups excluding carboxylic acids is 3. The van der Waals surface area contributed by atoms with E-state index in [4.69, 9.17) is 0 Å². The quantitative estimate of drug-likeness (QED) is 0.520. The van der Waals surface area contributed by atoms with Crippen LogP contribution in [0.5, 0.6) is 0 Å². The van der Waals surface area contributed by atoms with Crippen molar-refractivity contribution >= 4 is 46.8 Å². The lowest BCUT2D eigenvalue weighted by molar-refractivity contribution is -0.134. The molecule has 1 saturated heterocycles. The molecule has 8 nitrogen and oxygen atoms in total. The molecule has 2 aliphatic rings. The summed E-state index contributed by atoms with van der Waals surface area (Å²) in [5.41, 5.74) is 1.91. The Balaban J connectivity index is 1.60. The van der Waals surface area contributed by atoms with E-state index in [1.165, 1.54) is 4.90 Å². The van der Waals surface area contributed by atoms with Crippen molar-refractivity contribution in [1.82, 2.24) is 20.1 Å². The molecule has 3 aromatic rings. The summed E-state index contributed by atoms with van der Waals surface area (Å²) in [6.45, 7) is 0.438. The van der Waals surface area contributed by atoms with E-state index in [1.807, 2.05) is 12.1 Å². The zero-order valence-corrected chi connectivity index (χ0v) is 15.5. The molecule has 0 saturated carbocycles. The van der Waals surface area contributed by atoms with Crippen LogP contribution in [0.3, 0.4) is 0 Å². The predicted octanol–water partition coefficient (Wildman–Crippen LogP) is 1.53. The van der Waals surface area contributed by atoms with Gasteiger partial charge in [-0.25, -0.2) is 0 Å². The van der Waals surface area contributed by atoms with Crippen molar-refractivity contribution in [1.29, 1.82) is 0 Å². The summed E-state index contributed by atoms with van der Waals surface area (Å²) in [5.74, 6) is -1.01. The number of benzene rings is 1. The minimum Gasteiger partial charge on any atom is -0.295 e. The van der Waals surface area contributed by atoms with Crippen LogP contribution in [0.25, 0.3) is 10.8 Å². The molecule has 1 unspecified atom stereocenters. The number of piperidine rings is 1. The third-order valence-corrected chi connectivity index (χ3v) is 5.37. The van der Waals surface area contributed by atoms with E-state index in [0.29, 0.717) is 24.2 Å². The lowest BCUT2D eigenvalue weighted by Gasteiger charge is -2.30. The van der Waals surface area contributed by atoms with Gasteiger partial charge in [0.1, 0.15) is 6.04 Å². The lowest BCUT2D eigenvalue weighted by Crippen LogP contribution is -2.53. The van der Waals surface area contributed by atoms with Crippen LogP contribution in [0.1, 0.15) is 28.9 Å². The topological polar surface area (TPSA) is 97.2 Å². The monoisotopic (exact) mass is 393 g/mol. The Bertz CT molecular complexity index is 1170. The van der Waals surface area contributed by atoms with Crippen LogP contribution in [-0.4, -0.2) is 38.5 Å². The van der Waals surface area contributed by atoms with Gasteiger partial charge in [-0.3, -0.25) is 34.3 Å². The highest BCUT2D eigenvalue weighted by Gasteiger charge is 2.41. The first-order valence-corrected chi connectivity index (χ1v) is 9.27. The average molecular weight is 393 g/mol. The zero-order chi connectivity index (χ0) is 19.4. The lowest BCUT2D eigenvalue weighted by atomic mass is 10.0. The second-order valence-electron chi connectivity index (χ2n) is 6.86. The number of rotatable bonds is 3. The molecule has 1 atom stereocenters. The number of nitrogens with one attached hydrogen (secondary N) is 1. The Morgan fingerprint density at radius 1 is 1.21 bits per heavy atom. The van der Waals surface area contributed by atoms with Crippen LogP contribution in [0.2, 0.25) is 0 Å². The van der Waals surface area contributed by atoms with E-state index in [9.17, 15) is 14.4 Å². The Kier molecular flexibility index (Phi) is 3.73. The maximum absolute atomic E-state index is 13.1. The highest BCUT2D eigenvalue weighted by molar-refractivity contribution is 7.80. The minimum atomic E-state index is -0.716. The molecule has 3 amide bonds. The molecule has 1 N–H and O–H groups in total. The Morgan fingerprint density at radius 3 is 2.82 bits per heavy atom. The van der Waals surface area contributed by atoms with Crippen LogP contribution >= 0.6 is 12.6 Å². The number of hydrogen-bond donors (Lipinski definition) is 2. The van der Waals surface area contributed by atoms with Crippen molar-refractivity contribution in [3.63, 3.8) is 0 Å². The fourth-order valence-corrected chi connectivity index (χ4v) is 4.08. The molecule has 2 aliphatic heterocycles. The summed E-state index contributed by atoms with van der Waals surface area (Å²) in [5, 5.41) is 8.18. The highest BCUT2D eigenvalue weighted by Crippen LogP contribution is 2.40. The van der Waals surface area contributed by atoms with Crippen LogP contribution < -0.4 is 10.2 Å². The smallest absolute Gasteiger partial charge is 0.259 e. The van der Waals surface area contributed by atoms with Gasteiger partial charge in [0.25, 0.3) is 5.91 Å². The molecule has 9 heteroatoms. The number of imide groups is 1. The molecule has 4 heterocycles. The summed E-state index contributed by atoms with van der Waals surface area (Å²) in [4.78, 5) is 43.7. The van der Waals surface area contributed by atoms with E-state index < -0.39 is 11.9 Å². The molecule has 5 rings (SSSR count). The molecular weight excluding hydrogens is 378 g/mol. The fourth-order valence-electron chi connectivity index (χ4n) is 3.90. The van der Waals surface area contributed by atoms with Crippen molar-refractivity contribution in [2.75, 3.05) is 4.90 Å². The van der Waals surface area contributed by atoms with Crippen LogP contribution in [-0.2, 0) is 16.1 Å². The number of hydrogen-bond acceptors (Lipinski definition) is 6. The number of carbonyl (C=O) groups is 3. The predicted molar refractivity (Wildman–Crippen MR) is 103 cm³/mol. The molecule has 140 valence electrons. The third-order valence-electron chi connectivity index (χ3n) is 5.14. The summed E-state index contributed by atoms with van der Waals surface area (Å²) < 4.78 is 1.73. The van der Waals surface area contributed by atoms with Crippen LogP contribution in [0, 0.1) is 0 Å². The maximum Gasteiger partial charge on any atom is 0.259 e. The number of anilines is 1. The van der Waals surface area contributed by atoms with E-state index in [1.54, 1.807) is 29.3 Å². The standard InChI is InChI=1S/C19H15N5O3S/c25-16-5-4-14(18(26)22-16)24-15-7-20-13(9-23-8-10(28)6-21-23)11-2-1-3-12(17(11)15)19(24)27/h1-3,6-8,14,28H,4-5,9H2,(H,22,25,26). The van der Waals surface area contributed by atoms with Gasteiger partial charge in [-0.2, -0.15) is 5.10 Å². The Labute approximate surface area is 164 Å². The van der Waals surface area contributed by atoms with Gasteiger partial charge in [-0.1, -0.05) is 12.1 Å². The van der Waals surface area contributed by atoms with Gasteiger partial charge in [-0.05, 0) is 12.5 Å². The fraction of sp³-hybridized carbons (Fsp3) is 0.211. The number of nitrogens with zero attached hydrogens (tertiary/aromatic N) is 4. The minimum absolute atomic E-state index is 0.205. The SMILES string of the molecule is O=C1CCC(N2C(=O)c3cccc4c(Cn5cc(S)cn5)ncc2c34)C(=O)N1. The Hall–Kier alpha value is -3.20. The van der Waals surface area contributed by atoms with E-state index in [2.05, 4.69) is 28.0 Å². The first-order chi connectivity index (χ1) is 13.5. The highest BCUT2D eigenvalue weighted by atomic mass is 32.1. The summed E-state index contributed by atoms with van der Waals surface area (Å²) in [7, 11) is 0. The summed E-state index contributed by atoms with van der Waals surface area (Å²) in [6.07, 6.45) is 5.58. The molecule has 1 fully saturated rings. The summed E-state index contributed by atoms with van der Waals surface area (Å²) >= 11 is 4.27. The second kappa shape index (κ2) is 6.16. The van der Waals surface area contributed by atoms with Gasteiger partial charge >= 0.3 is 0 Å². The van der Waals surface area contributed by atoms with E-state index in [0.717, 1.165) is 21.4 Å². The zero-order valence-electron chi connectivity index (χ0n) is 14.6. The van der Waals surface area contributed by atoms with E-state index in [-0.39, 0.29) is 18.2 Å². The van der Waals surface area contributed by atoms with Gasteiger partial charge in [-0.15, -0.1) is 12.6 Å². The molecule has 0 spiro atoms. The molecule has 0 aliphatic carbocycles. The molecule has 0 bridgehead atoms. The second-order valence-corrected chi connectivity index (χ2v) is 7.37. The van der Waals surface area contributed by atoms with Crippen molar-refractivity contribution in [2.24, 2.45) is 0 Å². The first kappa shape index (κ1) is 16.9. The summed E-state index contributed by atoms with van der Waals surface area (Å²) in [6, 6.07) is 4.76. The molecule has 28 heavy (non-hydrogen) atoms. The van der Waals surface area contributed by atoms with Gasteiger partial charge in [0.2, 0.25) is 11.8 Å². The van der Waals surface area contributed by atoms with Crippen molar-refractivity contribution in [2.45, 2.75) is 30.3 Å². The number of pyridine rings is 1. The van der Waals surface area contributed by atoms with Crippen molar-refractivity contribution < 1.29 is 14.4 Å².